The minimum Gasteiger partial charge on any atom is -0.384 e. The summed E-state index contributed by atoms with van der Waals surface area (Å²) in [5.74, 6) is 2.18. The summed E-state index contributed by atoms with van der Waals surface area (Å²) in [6.45, 7) is 1.69. The van der Waals surface area contributed by atoms with E-state index in [0.29, 0.717) is 17.7 Å². The van der Waals surface area contributed by atoms with Gasteiger partial charge in [0, 0.05) is 25.2 Å². The summed E-state index contributed by atoms with van der Waals surface area (Å²) in [4.78, 5) is 18.5. The average molecular weight is 312 g/mol. The maximum Gasteiger partial charge on any atom is 0.227 e. The Hall–Kier alpha value is -2.70. The number of nitrogens with one attached hydrogen (secondary N) is 1. The molecule has 0 spiro atoms. The number of hydrogen-bond acceptors (Lipinski definition) is 5. The number of aromatic amines is 1. The normalized spacial score (nSPS) is 16.1. The summed E-state index contributed by atoms with van der Waals surface area (Å²) in [6.07, 6.45) is 3.57. The molecule has 23 heavy (non-hydrogen) atoms. The molecule has 0 unspecified atom stereocenters. The monoisotopic (exact) mass is 312 g/mol. The van der Waals surface area contributed by atoms with E-state index in [0.717, 1.165) is 42.8 Å². The number of nitrogens with zero attached hydrogens (tertiary/aromatic N) is 4. The maximum atomic E-state index is 13.3. The van der Waals surface area contributed by atoms with E-state index in [2.05, 4.69) is 24.8 Å². The van der Waals surface area contributed by atoms with Crippen molar-refractivity contribution in [3.63, 3.8) is 0 Å². The van der Waals surface area contributed by atoms with Crippen molar-refractivity contribution in [2.45, 2.75) is 18.8 Å². The van der Waals surface area contributed by atoms with Gasteiger partial charge in [-0.2, -0.15) is 4.98 Å². The first kappa shape index (κ1) is 13.9. The van der Waals surface area contributed by atoms with Gasteiger partial charge in [0.1, 0.15) is 17.5 Å². The van der Waals surface area contributed by atoms with Crippen LogP contribution in [0.2, 0.25) is 0 Å². The Balaban J connectivity index is 1.50. The van der Waals surface area contributed by atoms with E-state index in [4.69, 9.17) is 5.73 Å². The van der Waals surface area contributed by atoms with Crippen LogP contribution in [0, 0.1) is 5.82 Å². The second-order valence-electron chi connectivity index (χ2n) is 5.83. The van der Waals surface area contributed by atoms with Crippen LogP contribution in [0.5, 0.6) is 0 Å². The number of H-pyrrole nitrogens is 1. The highest BCUT2D eigenvalue weighted by atomic mass is 19.1. The molecule has 0 radical (unpaired) electrons. The number of imidazole rings is 1. The summed E-state index contributed by atoms with van der Waals surface area (Å²) >= 11 is 0. The van der Waals surface area contributed by atoms with Gasteiger partial charge >= 0.3 is 0 Å². The van der Waals surface area contributed by atoms with Crippen molar-refractivity contribution in [2.75, 3.05) is 23.7 Å². The van der Waals surface area contributed by atoms with Gasteiger partial charge in [0.05, 0.1) is 11.0 Å². The Bertz CT molecular complexity index is 837. The van der Waals surface area contributed by atoms with Crippen LogP contribution in [0.15, 0.2) is 30.5 Å². The van der Waals surface area contributed by atoms with E-state index in [1.54, 1.807) is 18.3 Å². The lowest BCUT2D eigenvalue weighted by Gasteiger charge is -2.31. The van der Waals surface area contributed by atoms with Crippen LogP contribution in [0.3, 0.4) is 0 Å². The largest absolute Gasteiger partial charge is 0.384 e. The molecule has 3 heterocycles. The second kappa shape index (κ2) is 5.49. The molecule has 1 fully saturated rings. The summed E-state index contributed by atoms with van der Waals surface area (Å²) < 4.78 is 13.3. The number of nitrogen functional groups attached to an aromatic ring is 1. The molecule has 1 saturated heterocycles. The van der Waals surface area contributed by atoms with Gasteiger partial charge in [0.2, 0.25) is 5.95 Å². The predicted molar refractivity (Wildman–Crippen MR) is 86.7 cm³/mol. The molecule has 3 N–H and O–H groups in total. The highest BCUT2D eigenvalue weighted by Gasteiger charge is 2.24. The van der Waals surface area contributed by atoms with Crippen molar-refractivity contribution in [3.8, 4) is 0 Å². The number of fused-ring (bicyclic) bond motifs is 1. The molecule has 0 atom stereocenters. The Labute approximate surface area is 132 Å². The fourth-order valence-corrected chi connectivity index (χ4v) is 3.06. The number of halogens is 1. The van der Waals surface area contributed by atoms with Crippen LogP contribution in [-0.2, 0) is 0 Å². The van der Waals surface area contributed by atoms with Crippen LogP contribution in [0.25, 0.3) is 11.0 Å². The summed E-state index contributed by atoms with van der Waals surface area (Å²) in [5, 5.41) is 0. The third-order valence-electron chi connectivity index (χ3n) is 4.29. The van der Waals surface area contributed by atoms with Gasteiger partial charge in [-0.3, -0.25) is 0 Å². The summed E-state index contributed by atoms with van der Waals surface area (Å²) in [6, 6.07) is 6.32. The van der Waals surface area contributed by atoms with Gasteiger partial charge in [-0.05, 0) is 37.1 Å². The van der Waals surface area contributed by atoms with E-state index in [1.165, 1.54) is 12.1 Å². The zero-order chi connectivity index (χ0) is 15.8. The van der Waals surface area contributed by atoms with E-state index in [-0.39, 0.29) is 5.82 Å². The molecule has 0 aliphatic carbocycles. The lowest BCUT2D eigenvalue weighted by Crippen LogP contribution is -2.34. The lowest BCUT2D eigenvalue weighted by molar-refractivity contribution is 0.484. The summed E-state index contributed by atoms with van der Waals surface area (Å²) in [5.41, 5.74) is 7.28. The molecule has 7 heteroatoms. The van der Waals surface area contributed by atoms with Crippen LogP contribution in [0.1, 0.15) is 24.6 Å². The first-order valence-corrected chi connectivity index (χ1v) is 7.68. The molecule has 1 aliphatic rings. The average Bonchev–Trinajstić information content (AvgIpc) is 2.98. The fraction of sp³-hybridized carbons (Fsp3) is 0.312. The number of nitrogens with two attached hydrogens (primary N) is 1. The molecule has 0 amide bonds. The Kier molecular flexibility index (Phi) is 3.33. The van der Waals surface area contributed by atoms with Gasteiger partial charge < -0.3 is 15.6 Å². The summed E-state index contributed by atoms with van der Waals surface area (Å²) in [7, 11) is 0. The van der Waals surface area contributed by atoms with Crippen LogP contribution in [0.4, 0.5) is 16.2 Å². The highest BCUT2D eigenvalue weighted by Crippen LogP contribution is 2.29. The molecular formula is C16H17FN6. The predicted octanol–water partition coefficient (Wildman–Crippen LogP) is 2.46. The van der Waals surface area contributed by atoms with Gasteiger partial charge in [-0.15, -0.1) is 0 Å². The Morgan fingerprint density at radius 2 is 2.00 bits per heavy atom. The van der Waals surface area contributed by atoms with E-state index < -0.39 is 0 Å². The number of hydrogen-bond donors (Lipinski definition) is 2. The third kappa shape index (κ3) is 2.69. The van der Waals surface area contributed by atoms with Crippen molar-refractivity contribution in [1.29, 1.82) is 0 Å². The van der Waals surface area contributed by atoms with Gasteiger partial charge in [-0.25, -0.2) is 14.4 Å². The van der Waals surface area contributed by atoms with Crippen molar-refractivity contribution in [2.24, 2.45) is 0 Å². The fourth-order valence-electron chi connectivity index (χ4n) is 3.06. The van der Waals surface area contributed by atoms with Crippen LogP contribution >= 0.6 is 0 Å². The molecule has 1 aromatic carbocycles. The zero-order valence-electron chi connectivity index (χ0n) is 12.5. The zero-order valence-corrected chi connectivity index (χ0v) is 12.5. The molecule has 1 aliphatic heterocycles. The number of piperidine rings is 1. The molecule has 6 nitrogen and oxygen atoms in total. The number of aromatic nitrogens is 4. The lowest BCUT2D eigenvalue weighted by atomic mass is 9.96. The first-order valence-electron chi connectivity index (χ1n) is 7.68. The molecule has 118 valence electrons. The number of rotatable bonds is 2. The molecular weight excluding hydrogens is 295 g/mol. The van der Waals surface area contributed by atoms with E-state index in [1.807, 2.05) is 0 Å². The minimum atomic E-state index is -0.249. The van der Waals surface area contributed by atoms with Gasteiger partial charge in [-0.1, -0.05) is 0 Å². The van der Waals surface area contributed by atoms with E-state index in [9.17, 15) is 4.39 Å². The Morgan fingerprint density at radius 3 is 2.78 bits per heavy atom. The molecule has 0 bridgehead atoms. The highest BCUT2D eigenvalue weighted by molar-refractivity contribution is 5.75. The van der Waals surface area contributed by atoms with Crippen molar-refractivity contribution in [3.05, 3.63) is 42.1 Å². The third-order valence-corrected chi connectivity index (χ3v) is 4.29. The van der Waals surface area contributed by atoms with Gasteiger partial charge in [0.15, 0.2) is 0 Å². The van der Waals surface area contributed by atoms with Crippen molar-refractivity contribution >= 4 is 22.8 Å². The first-order chi connectivity index (χ1) is 11.2. The molecule has 0 saturated carbocycles. The standard InChI is InChI=1S/C16H17FN6/c17-11-1-2-12-13(9-11)21-15(20-12)10-4-7-23(8-5-10)16-19-6-3-14(18)22-16/h1-3,6,9-10H,4-5,7-8H2,(H,20,21)(H2,18,19,22). The van der Waals surface area contributed by atoms with Gasteiger partial charge in [0.25, 0.3) is 0 Å². The Morgan fingerprint density at radius 1 is 1.17 bits per heavy atom. The molecule has 3 aromatic rings. The quantitative estimate of drug-likeness (QED) is 0.759. The van der Waals surface area contributed by atoms with Crippen molar-refractivity contribution < 1.29 is 4.39 Å². The van der Waals surface area contributed by atoms with Crippen LogP contribution < -0.4 is 10.6 Å². The minimum absolute atomic E-state index is 0.249. The number of anilines is 2. The SMILES string of the molecule is Nc1ccnc(N2CCC(c3nc4ccc(F)cc4[nH]3)CC2)n1. The maximum absolute atomic E-state index is 13.3. The topological polar surface area (TPSA) is 83.7 Å². The molecule has 2 aromatic heterocycles. The second-order valence-corrected chi connectivity index (χ2v) is 5.83. The number of benzene rings is 1. The van der Waals surface area contributed by atoms with E-state index >= 15 is 0 Å². The van der Waals surface area contributed by atoms with Crippen LogP contribution in [-0.4, -0.2) is 33.0 Å². The smallest absolute Gasteiger partial charge is 0.227 e. The molecule has 4 rings (SSSR count). The van der Waals surface area contributed by atoms with Crippen molar-refractivity contribution in [1.82, 2.24) is 19.9 Å².